The van der Waals surface area contributed by atoms with Gasteiger partial charge in [-0.05, 0) is 44.9 Å². The van der Waals surface area contributed by atoms with Gasteiger partial charge in [-0.25, -0.2) is 0 Å². The molecule has 6 heteroatoms. The lowest BCUT2D eigenvalue weighted by atomic mass is 10.00. The van der Waals surface area contributed by atoms with Crippen LogP contribution in [0.3, 0.4) is 0 Å². The summed E-state index contributed by atoms with van der Waals surface area (Å²) in [7, 11) is 0. The summed E-state index contributed by atoms with van der Waals surface area (Å²) in [6.45, 7) is 3.84. The summed E-state index contributed by atoms with van der Waals surface area (Å²) in [5, 5.41) is 42.9. The molecule has 6 nitrogen and oxygen atoms in total. The first-order chi connectivity index (χ1) is 17.5. The molecule has 0 saturated carbocycles. The van der Waals surface area contributed by atoms with Gasteiger partial charge in [0.2, 0.25) is 5.91 Å². The fourth-order valence-electron chi connectivity index (χ4n) is 4.25. The number of nitrogens with one attached hydrogen (secondary N) is 1. The fraction of sp³-hybridized carbons (Fsp3) is 0.833. The number of allylic oxidation sites excluding steroid dienone is 4. The largest absolute Gasteiger partial charge is 0.394 e. The van der Waals surface area contributed by atoms with E-state index in [9.17, 15) is 25.2 Å². The van der Waals surface area contributed by atoms with Crippen LogP contribution in [0.25, 0.3) is 0 Å². The molecule has 0 heterocycles. The van der Waals surface area contributed by atoms with Gasteiger partial charge in [0.1, 0.15) is 12.2 Å². The molecule has 0 aliphatic carbocycles. The van der Waals surface area contributed by atoms with Crippen molar-refractivity contribution in [3.63, 3.8) is 0 Å². The third-order valence-electron chi connectivity index (χ3n) is 6.65. The number of hydrogen-bond donors (Lipinski definition) is 5. The summed E-state index contributed by atoms with van der Waals surface area (Å²) in [6, 6.07) is -1.000. The van der Waals surface area contributed by atoms with Crippen LogP contribution in [-0.4, -0.2) is 57.3 Å². The van der Waals surface area contributed by atoms with E-state index in [4.69, 9.17) is 0 Å². The predicted octanol–water partition coefficient (Wildman–Crippen LogP) is 5.72. The second-order valence-corrected chi connectivity index (χ2v) is 10.1. The van der Waals surface area contributed by atoms with Crippen molar-refractivity contribution in [3.8, 4) is 0 Å². The SMILES string of the molecule is CC/C=C/CC/C=C/CCCC(O)C(O)C(CO)NC(=O)C(O)CCCCCCCCCCCCC. The Morgan fingerprint density at radius 3 is 1.78 bits per heavy atom. The maximum atomic E-state index is 12.3. The Morgan fingerprint density at radius 2 is 1.22 bits per heavy atom. The van der Waals surface area contributed by atoms with Gasteiger partial charge < -0.3 is 25.7 Å². The van der Waals surface area contributed by atoms with Gasteiger partial charge in [0.15, 0.2) is 0 Å². The van der Waals surface area contributed by atoms with Crippen molar-refractivity contribution in [1.29, 1.82) is 0 Å². The van der Waals surface area contributed by atoms with Gasteiger partial charge in [-0.1, -0.05) is 109 Å². The summed E-state index contributed by atoms with van der Waals surface area (Å²) in [5.74, 6) is -0.604. The molecule has 0 saturated heterocycles. The van der Waals surface area contributed by atoms with E-state index in [0.717, 1.165) is 44.9 Å². The van der Waals surface area contributed by atoms with Crippen LogP contribution < -0.4 is 5.32 Å². The quantitative estimate of drug-likeness (QED) is 0.0795. The molecule has 36 heavy (non-hydrogen) atoms. The average molecular weight is 512 g/mol. The van der Waals surface area contributed by atoms with E-state index in [0.29, 0.717) is 19.3 Å². The maximum absolute atomic E-state index is 12.3. The van der Waals surface area contributed by atoms with Crippen molar-refractivity contribution < 1.29 is 25.2 Å². The molecule has 0 aromatic heterocycles. The minimum absolute atomic E-state index is 0.361. The molecule has 0 spiro atoms. The molecule has 0 aromatic carbocycles. The van der Waals surface area contributed by atoms with Gasteiger partial charge in [-0.3, -0.25) is 4.79 Å². The second kappa shape index (κ2) is 25.4. The Bertz CT molecular complexity index is 551. The highest BCUT2D eigenvalue weighted by atomic mass is 16.3. The Hall–Kier alpha value is -1.21. The summed E-state index contributed by atoms with van der Waals surface area (Å²) >= 11 is 0. The minimum atomic E-state index is -1.28. The van der Waals surface area contributed by atoms with Gasteiger partial charge in [-0.2, -0.15) is 0 Å². The number of rotatable bonds is 25. The highest BCUT2D eigenvalue weighted by Crippen LogP contribution is 2.13. The van der Waals surface area contributed by atoms with Gasteiger partial charge in [-0.15, -0.1) is 0 Å². The summed E-state index contributed by atoms with van der Waals surface area (Å²) in [6.07, 6.45) is 23.5. The molecule has 0 aromatic rings. The van der Waals surface area contributed by atoms with E-state index in [-0.39, 0.29) is 0 Å². The smallest absolute Gasteiger partial charge is 0.249 e. The van der Waals surface area contributed by atoms with E-state index in [1.165, 1.54) is 51.4 Å². The molecule has 0 radical (unpaired) electrons. The number of unbranched alkanes of at least 4 members (excludes halogenated alkanes) is 12. The molecule has 4 unspecified atom stereocenters. The number of amides is 1. The van der Waals surface area contributed by atoms with Crippen molar-refractivity contribution in [2.45, 2.75) is 154 Å². The van der Waals surface area contributed by atoms with Gasteiger partial charge >= 0.3 is 0 Å². The molecule has 0 aliphatic heterocycles. The van der Waals surface area contributed by atoms with Crippen molar-refractivity contribution in [3.05, 3.63) is 24.3 Å². The molecule has 212 valence electrons. The van der Waals surface area contributed by atoms with Gasteiger partial charge in [0.05, 0.1) is 18.8 Å². The van der Waals surface area contributed by atoms with E-state index < -0.39 is 36.9 Å². The van der Waals surface area contributed by atoms with Crippen molar-refractivity contribution in [2.75, 3.05) is 6.61 Å². The van der Waals surface area contributed by atoms with Crippen LogP contribution in [0.4, 0.5) is 0 Å². The fourth-order valence-corrected chi connectivity index (χ4v) is 4.25. The highest BCUT2D eigenvalue weighted by molar-refractivity contribution is 5.80. The van der Waals surface area contributed by atoms with Crippen LogP contribution in [0.1, 0.15) is 129 Å². The lowest BCUT2D eigenvalue weighted by molar-refractivity contribution is -0.132. The van der Waals surface area contributed by atoms with Gasteiger partial charge in [0.25, 0.3) is 0 Å². The first-order valence-corrected chi connectivity index (χ1v) is 14.7. The Kier molecular flexibility index (Phi) is 24.6. The van der Waals surface area contributed by atoms with Crippen molar-refractivity contribution >= 4 is 5.91 Å². The number of carbonyl (C=O) groups is 1. The topological polar surface area (TPSA) is 110 Å². The molecule has 4 atom stereocenters. The highest BCUT2D eigenvalue weighted by Gasteiger charge is 2.28. The number of aliphatic hydroxyl groups is 4. The van der Waals surface area contributed by atoms with Crippen LogP contribution in [-0.2, 0) is 4.79 Å². The third kappa shape index (κ3) is 19.9. The Labute approximate surface area is 221 Å². The number of aliphatic hydroxyl groups excluding tert-OH is 4. The van der Waals surface area contributed by atoms with Gasteiger partial charge in [0, 0.05) is 0 Å². The standard InChI is InChI=1S/C30H57NO5/c1-3-5-7-9-11-13-14-16-18-20-22-24-28(34)30(36)31-26(25-32)29(35)27(33)23-21-19-17-15-12-10-8-6-4-2/h6,8,15,17,26-29,32-35H,3-5,7,9-14,16,18-25H2,1-2H3,(H,31,36)/b8-6+,17-15+. The minimum Gasteiger partial charge on any atom is -0.394 e. The number of carbonyl (C=O) groups excluding carboxylic acids is 1. The monoisotopic (exact) mass is 511 g/mol. The zero-order valence-electron chi connectivity index (χ0n) is 23.3. The molecule has 5 N–H and O–H groups in total. The second-order valence-electron chi connectivity index (χ2n) is 10.1. The van der Waals surface area contributed by atoms with E-state index in [1.807, 2.05) is 0 Å². The molecule has 0 bridgehead atoms. The molecule has 0 fully saturated rings. The van der Waals surface area contributed by atoms with Crippen LogP contribution in [0, 0.1) is 0 Å². The van der Waals surface area contributed by atoms with E-state index in [1.54, 1.807) is 0 Å². The molecule has 0 aliphatic rings. The first-order valence-electron chi connectivity index (χ1n) is 14.7. The average Bonchev–Trinajstić information content (AvgIpc) is 2.88. The van der Waals surface area contributed by atoms with Crippen LogP contribution >= 0.6 is 0 Å². The van der Waals surface area contributed by atoms with Crippen LogP contribution in [0.2, 0.25) is 0 Å². The first kappa shape index (κ1) is 34.8. The van der Waals surface area contributed by atoms with Crippen molar-refractivity contribution in [2.24, 2.45) is 0 Å². The Morgan fingerprint density at radius 1 is 0.694 bits per heavy atom. The zero-order chi connectivity index (χ0) is 26.9. The molecular formula is C30H57NO5. The molecule has 1 amide bonds. The molecule has 0 rings (SSSR count). The third-order valence-corrected chi connectivity index (χ3v) is 6.65. The van der Waals surface area contributed by atoms with Crippen LogP contribution in [0.5, 0.6) is 0 Å². The molecular weight excluding hydrogens is 454 g/mol. The predicted molar refractivity (Wildman–Crippen MR) is 150 cm³/mol. The van der Waals surface area contributed by atoms with E-state index in [2.05, 4.69) is 43.5 Å². The maximum Gasteiger partial charge on any atom is 0.249 e. The number of hydrogen-bond acceptors (Lipinski definition) is 5. The summed E-state index contributed by atoms with van der Waals surface area (Å²) in [5.41, 5.74) is 0. The summed E-state index contributed by atoms with van der Waals surface area (Å²) < 4.78 is 0. The van der Waals surface area contributed by atoms with Crippen LogP contribution in [0.15, 0.2) is 24.3 Å². The van der Waals surface area contributed by atoms with Crippen molar-refractivity contribution in [1.82, 2.24) is 5.32 Å². The summed E-state index contributed by atoms with van der Waals surface area (Å²) in [4.78, 5) is 12.3. The zero-order valence-corrected chi connectivity index (χ0v) is 23.3. The Balaban J connectivity index is 3.99. The van der Waals surface area contributed by atoms with E-state index >= 15 is 0 Å². The lowest BCUT2D eigenvalue weighted by Crippen LogP contribution is -2.53. The normalized spacial score (nSPS) is 15.4. The lowest BCUT2D eigenvalue weighted by Gasteiger charge is -2.27.